The van der Waals surface area contributed by atoms with Crippen molar-refractivity contribution in [3.63, 3.8) is 0 Å². The molecule has 6 nitrogen and oxygen atoms in total. The van der Waals surface area contributed by atoms with Crippen molar-refractivity contribution in [2.45, 2.75) is 39.8 Å². The Morgan fingerprint density at radius 1 is 1.38 bits per heavy atom. The number of rotatable bonds is 6. The second kappa shape index (κ2) is 5.99. The zero-order chi connectivity index (χ0) is 16.4. The fourth-order valence-electron chi connectivity index (χ4n) is 1.60. The first kappa shape index (κ1) is 17.4. The van der Waals surface area contributed by atoms with E-state index in [2.05, 4.69) is 5.32 Å². The highest BCUT2D eigenvalue weighted by Crippen LogP contribution is 2.31. The van der Waals surface area contributed by atoms with Crippen molar-refractivity contribution in [1.82, 2.24) is 5.32 Å². The van der Waals surface area contributed by atoms with Crippen LogP contribution in [0, 0.1) is 15.5 Å². The maximum atomic E-state index is 11.3. The SMILES string of the molecule is CC(C)(NCc1ccc([N+](=O)[O-])cc1Cl)C(C)(C)C(=O)O. The minimum absolute atomic E-state index is 0.0751. The number of carbonyl (C=O) groups is 1. The number of nitrogens with one attached hydrogen (secondary N) is 1. The minimum atomic E-state index is -0.986. The molecule has 0 aliphatic carbocycles. The fraction of sp³-hybridized carbons (Fsp3) is 0.500. The summed E-state index contributed by atoms with van der Waals surface area (Å²) in [6, 6.07) is 4.23. The van der Waals surface area contributed by atoms with E-state index >= 15 is 0 Å². The number of benzene rings is 1. The van der Waals surface area contributed by atoms with E-state index < -0.39 is 21.8 Å². The molecule has 7 heteroatoms. The molecule has 0 saturated carbocycles. The van der Waals surface area contributed by atoms with E-state index in [0.29, 0.717) is 12.1 Å². The van der Waals surface area contributed by atoms with Gasteiger partial charge in [-0.2, -0.15) is 0 Å². The van der Waals surface area contributed by atoms with E-state index in [0.717, 1.165) is 0 Å². The van der Waals surface area contributed by atoms with Crippen molar-refractivity contribution in [2.75, 3.05) is 0 Å². The normalized spacial score (nSPS) is 12.2. The summed E-state index contributed by atoms with van der Waals surface area (Å²) in [5.74, 6) is -0.908. The van der Waals surface area contributed by atoms with Crippen molar-refractivity contribution in [1.29, 1.82) is 0 Å². The number of carboxylic acids is 1. The second-order valence-corrected chi connectivity index (χ2v) is 6.35. The number of non-ortho nitro benzene ring substituents is 1. The molecule has 0 aliphatic rings. The molecule has 0 radical (unpaired) electrons. The Morgan fingerprint density at radius 3 is 2.38 bits per heavy atom. The van der Waals surface area contributed by atoms with Crippen LogP contribution in [0.25, 0.3) is 0 Å². The first-order valence-electron chi connectivity index (χ1n) is 6.40. The lowest BCUT2D eigenvalue weighted by atomic mass is 9.74. The fourth-order valence-corrected chi connectivity index (χ4v) is 1.84. The standard InChI is InChI=1S/C14H19ClN2O4/c1-13(2,12(18)19)14(3,4)16-8-9-5-6-10(17(20)21)7-11(9)15/h5-7,16H,8H2,1-4H3,(H,18,19). The Bertz CT molecular complexity index is 570. The van der Waals surface area contributed by atoms with Gasteiger partial charge in [0.25, 0.3) is 5.69 Å². The second-order valence-electron chi connectivity index (χ2n) is 5.94. The number of nitrogens with zero attached hydrogens (tertiary/aromatic N) is 1. The van der Waals surface area contributed by atoms with Gasteiger partial charge >= 0.3 is 5.97 Å². The lowest BCUT2D eigenvalue weighted by molar-refractivity contribution is -0.384. The molecule has 0 aliphatic heterocycles. The average Bonchev–Trinajstić information content (AvgIpc) is 2.36. The first-order chi connectivity index (χ1) is 9.49. The monoisotopic (exact) mass is 314 g/mol. The van der Waals surface area contributed by atoms with Gasteiger partial charge in [-0.15, -0.1) is 0 Å². The largest absolute Gasteiger partial charge is 0.481 e. The smallest absolute Gasteiger partial charge is 0.310 e. The van der Waals surface area contributed by atoms with Crippen LogP contribution in [0.2, 0.25) is 5.02 Å². The van der Waals surface area contributed by atoms with Crippen LogP contribution in [0.4, 0.5) is 5.69 Å². The summed E-state index contributed by atoms with van der Waals surface area (Å²) >= 11 is 6.02. The molecule has 0 fully saturated rings. The van der Waals surface area contributed by atoms with Crippen molar-refractivity contribution in [3.05, 3.63) is 38.9 Å². The molecule has 1 aromatic rings. The van der Waals surface area contributed by atoms with Gasteiger partial charge in [-0.1, -0.05) is 11.6 Å². The van der Waals surface area contributed by atoms with E-state index in [-0.39, 0.29) is 10.7 Å². The van der Waals surface area contributed by atoms with Crippen LogP contribution in [0.5, 0.6) is 0 Å². The molecule has 0 aromatic heterocycles. The Balaban J connectivity index is 2.89. The molecule has 0 saturated heterocycles. The predicted octanol–water partition coefficient (Wildman–Crippen LogP) is 3.23. The molecule has 1 aromatic carbocycles. The molecule has 0 amide bonds. The molecule has 0 spiro atoms. The molecule has 0 heterocycles. The van der Waals surface area contributed by atoms with Crippen molar-refractivity contribution >= 4 is 23.3 Å². The lowest BCUT2D eigenvalue weighted by Crippen LogP contribution is -2.54. The Kier molecular flexibility index (Phi) is 4.96. The van der Waals surface area contributed by atoms with Crippen molar-refractivity contribution in [2.24, 2.45) is 5.41 Å². The number of hydrogen-bond donors (Lipinski definition) is 2. The third-order valence-electron chi connectivity index (χ3n) is 4.07. The molecular weight excluding hydrogens is 296 g/mol. The highest BCUT2D eigenvalue weighted by molar-refractivity contribution is 6.31. The van der Waals surface area contributed by atoms with E-state index in [1.54, 1.807) is 33.8 Å². The third kappa shape index (κ3) is 3.71. The average molecular weight is 315 g/mol. The van der Waals surface area contributed by atoms with E-state index in [1.807, 2.05) is 0 Å². The summed E-state index contributed by atoms with van der Waals surface area (Å²) in [5.41, 5.74) is -1.07. The molecule has 116 valence electrons. The summed E-state index contributed by atoms with van der Waals surface area (Å²) in [4.78, 5) is 21.5. The van der Waals surface area contributed by atoms with Crippen LogP contribution in [-0.2, 0) is 11.3 Å². The van der Waals surface area contributed by atoms with E-state index in [1.165, 1.54) is 12.1 Å². The van der Waals surface area contributed by atoms with Gasteiger partial charge in [0, 0.05) is 24.2 Å². The van der Waals surface area contributed by atoms with E-state index in [4.69, 9.17) is 11.6 Å². The molecular formula is C14H19ClN2O4. The molecule has 2 N–H and O–H groups in total. The van der Waals surface area contributed by atoms with Crippen LogP contribution in [0.3, 0.4) is 0 Å². The van der Waals surface area contributed by atoms with Gasteiger partial charge in [-0.25, -0.2) is 0 Å². The Hall–Kier alpha value is -1.66. The summed E-state index contributed by atoms with van der Waals surface area (Å²) in [5, 5.41) is 23.4. The topological polar surface area (TPSA) is 92.5 Å². The van der Waals surface area contributed by atoms with Gasteiger partial charge in [0.05, 0.1) is 15.4 Å². The van der Waals surface area contributed by atoms with Crippen LogP contribution in [0.15, 0.2) is 18.2 Å². The van der Waals surface area contributed by atoms with Crippen LogP contribution in [-0.4, -0.2) is 21.5 Å². The van der Waals surface area contributed by atoms with E-state index in [9.17, 15) is 20.0 Å². The minimum Gasteiger partial charge on any atom is -0.481 e. The van der Waals surface area contributed by atoms with Gasteiger partial charge in [0.2, 0.25) is 0 Å². The summed E-state index contributed by atoms with van der Waals surface area (Å²) < 4.78 is 0. The van der Waals surface area contributed by atoms with Gasteiger partial charge < -0.3 is 10.4 Å². The van der Waals surface area contributed by atoms with Crippen LogP contribution in [0.1, 0.15) is 33.3 Å². The summed E-state index contributed by atoms with van der Waals surface area (Å²) in [6.45, 7) is 7.18. The number of hydrogen-bond acceptors (Lipinski definition) is 4. The predicted molar refractivity (Wildman–Crippen MR) is 80.4 cm³/mol. The number of carboxylic acid groups (broad SMARTS) is 1. The van der Waals surface area contributed by atoms with Gasteiger partial charge in [0.1, 0.15) is 0 Å². The third-order valence-corrected chi connectivity index (χ3v) is 4.42. The lowest BCUT2D eigenvalue weighted by Gasteiger charge is -2.39. The molecule has 0 atom stereocenters. The first-order valence-corrected chi connectivity index (χ1v) is 6.78. The summed E-state index contributed by atoms with van der Waals surface area (Å²) in [6.07, 6.45) is 0. The Labute approximate surface area is 128 Å². The number of halogens is 1. The zero-order valence-corrected chi connectivity index (χ0v) is 13.2. The Morgan fingerprint density at radius 2 is 1.95 bits per heavy atom. The number of nitro benzene ring substituents is 1. The van der Waals surface area contributed by atoms with Crippen LogP contribution < -0.4 is 5.32 Å². The molecule has 0 unspecified atom stereocenters. The maximum Gasteiger partial charge on any atom is 0.310 e. The summed E-state index contributed by atoms with van der Waals surface area (Å²) in [7, 11) is 0. The molecule has 21 heavy (non-hydrogen) atoms. The quantitative estimate of drug-likeness (QED) is 0.621. The number of aliphatic carboxylic acids is 1. The van der Waals surface area contributed by atoms with Gasteiger partial charge in [-0.3, -0.25) is 14.9 Å². The zero-order valence-electron chi connectivity index (χ0n) is 12.4. The molecule has 1 rings (SSSR count). The van der Waals surface area contributed by atoms with Crippen molar-refractivity contribution < 1.29 is 14.8 Å². The van der Waals surface area contributed by atoms with Crippen molar-refractivity contribution in [3.8, 4) is 0 Å². The molecule has 0 bridgehead atoms. The highest BCUT2D eigenvalue weighted by atomic mass is 35.5. The van der Waals surface area contributed by atoms with Crippen LogP contribution >= 0.6 is 11.6 Å². The highest BCUT2D eigenvalue weighted by Gasteiger charge is 2.43. The number of nitro groups is 1. The maximum absolute atomic E-state index is 11.3. The van der Waals surface area contributed by atoms with Gasteiger partial charge in [0.15, 0.2) is 0 Å². The van der Waals surface area contributed by atoms with Gasteiger partial charge in [-0.05, 0) is 39.3 Å².